The van der Waals surface area contributed by atoms with E-state index in [9.17, 15) is 19.2 Å². The second kappa shape index (κ2) is 10.2. The zero-order chi connectivity index (χ0) is 20.5. The Hall–Kier alpha value is -3.20. The summed E-state index contributed by atoms with van der Waals surface area (Å²) >= 11 is 3.25. The van der Waals surface area contributed by atoms with E-state index in [4.69, 9.17) is 4.74 Å². The number of anilines is 1. The Morgan fingerprint density at radius 1 is 1.00 bits per heavy atom. The molecule has 0 heterocycles. The number of rotatable bonds is 7. The minimum atomic E-state index is -0.750. The van der Waals surface area contributed by atoms with Crippen molar-refractivity contribution in [3.63, 3.8) is 0 Å². The van der Waals surface area contributed by atoms with Crippen LogP contribution in [0.3, 0.4) is 0 Å². The van der Waals surface area contributed by atoms with E-state index in [0.29, 0.717) is 16.8 Å². The van der Waals surface area contributed by atoms with Gasteiger partial charge in [0.15, 0.2) is 6.61 Å². The Morgan fingerprint density at radius 3 is 2.36 bits per heavy atom. The molecule has 2 amide bonds. The number of hydrogen-bond donors (Lipinski definition) is 2. The topological polar surface area (TPSA) is 111 Å². The number of nitrogens with one attached hydrogen (secondary N) is 2. The third-order valence-electron chi connectivity index (χ3n) is 3.43. The summed E-state index contributed by atoms with van der Waals surface area (Å²) in [6.07, 6.45) is 0. The van der Waals surface area contributed by atoms with Gasteiger partial charge in [0.25, 0.3) is 11.8 Å². The van der Waals surface area contributed by atoms with Crippen LogP contribution < -0.4 is 10.6 Å². The highest BCUT2D eigenvalue weighted by atomic mass is 79.9. The Bertz CT molecular complexity index is 882. The van der Waals surface area contributed by atoms with Crippen LogP contribution in [0.15, 0.2) is 53.0 Å². The molecule has 0 atom stereocenters. The lowest BCUT2D eigenvalue weighted by Gasteiger charge is -2.08. The molecular weight excluding hydrogens is 432 g/mol. The first kappa shape index (κ1) is 21.1. The Labute approximate surface area is 169 Å². The van der Waals surface area contributed by atoms with Crippen molar-refractivity contribution in [3.05, 3.63) is 64.1 Å². The Morgan fingerprint density at radius 2 is 1.71 bits per heavy atom. The van der Waals surface area contributed by atoms with E-state index in [-0.39, 0.29) is 6.54 Å². The maximum absolute atomic E-state index is 11.9. The summed E-state index contributed by atoms with van der Waals surface area (Å²) in [6, 6.07) is 12.7. The molecule has 2 aromatic carbocycles. The van der Waals surface area contributed by atoms with Crippen molar-refractivity contribution in [2.24, 2.45) is 0 Å². The molecule has 2 rings (SSSR count). The van der Waals surface area contributed by atoms with Gasteiger partial charge in [-0.05, 0) is 42.5 Å². The number of amides is 2. The molecule has 2 aromatic rings. The first-order valence-electron chi connectivity index (χ1n) is 8.06. The zero-order valence-corrected chi connectivity index (χ0v) is 16.4. The van der Waals surface area contributed by atoms with Crippen molar-refractivity contribution in [2.75, 3.05) is 25.6 Å². The summed E-state index contributed by atoms with van der Waals surface area (Å²) in [5, 5.41) is 4.93. The van der Waals surface area contributed by atoms with Gasteiger partial charge in [-0.25, -0.2) is 4.79 Å². The maximum atomic E-state index is 11.9. The van der Waals surface area contributed by atoms with Crippen molar-refractivity contribution >= 4 is 45.4 Å². The van der Waals surface area contributed by atoms with Crippen molar-refractivity contribution in [1.82, 2.24) is 5.32 Å². The molecular formula is C19H17BrN2O6. The van der Waals surface area contributed by atoms with E-state index < -0.39 is 30.4 Å². The van der Waals surface area contributed by atoms with Gasteiger partial charge in [-0.1, -0.05) is 22.0 Å². The molecule has 0 aromatic heterocycles. The van der Waals surface area contributed by atoms with Crippen LogP contribution in [0.2, 0.25) is 0 Å². The molecule has 0 unspecified atom stereocenters. The van der Waals surface area contributed by atoms with Gasteiger partial charge >= 0.3 is 11.9 Å². The van der Waals surface area contributed by atoms with E-state index in [1.165, 1.54) is 31.4 Å². The summed E-state index contributed by atoms with van der Waals surface area (Å²) in [4.78, 5) is 46.8. The highest BCUT2D eigenvalue weighted by Gasteiger charge is 2.12. The van der Waals surface area contributed by atoms with Gasteiger partial charge in [-0.2, -0.15) is 0 Å². The second-order valence-corrected chi connectivity index (χ2v) is 6.39. The van der Waals surface area contributed by atoms with E-state index in [0.717, 1.165) is 4.47 Å². The second-order valence-electron chi connectivity index (χ2n) is 5.47. The summed E-state index contributed by atoms with van der Waals surface area (Å²) in [5.41, 5.74) is 1.15. The molecule has 0 saturated carbocycles. The van der Waals surface area contributed by atoms with Gasteiger partial charge in [0, 0.05) is 15.7 Å². The standard InChI is InChI=1S/C19H17BrN2O6/c1-27-19(26)12-5-7-15(8-6-12)22-16(23)11-28-17(24)10-21-18(25)13-3-2-4-14(20)9-13/h2-9H,10-11H2,1H3,(H,21,25)(H,22,23). The number of methoxy groups -OCH3 is 1. The van der Waals surface area contributed by atoms with Gasteiger partial charge in [0.2, 0.25) is 0 Å². The number of hydrogen-bond acceptors (Lipinski definition) is 6. The van der Waals surface area contributed by atoms with E-state index >= 15 is 0 Å². The fraction of sp³-hybridized carbons (Fsp3) is 0.158. The predicted molar refractivity (Wildman–Crippen MR) is 104 cm³/mol. The number of halogens is 1. The number of carbonyl (C=O) groups is 4. The van der Waals surface area contributed by atoms with Gasteiger partial charge < -0.3 is 20.1 Å². The molecule has 0 radical (unpaired) electrons. The van der Waals surface area contributed by atoms with E-state index in [2.05, 4.69) is 31.3 Å². The van der Waals surface area contributed by atoms with Crippen LogP contribution in [0.25, 0.3) is 0 Å². The molecule has 0 aliphatic heterocycles. The smallest absolute Gasteiger partial charge is 0.337 e. The number of carbonyl (C=O) groups excluding carboxylic acids is 4. The van der Waals surface area contributed by atoms with Crippen LogP contribution in [0.5, 0.6) is 0 Å². The Kier molecular flexibility index (Phi) is 7.70. The highest BCUT2D eigenvalue weighted by molar-refractivity contribution is 9.10. The third-order valence-corrected chi connectivity index (χ3v) is 3.93. The molecule has 2 N–H and O–H groups in total. The third kappa shape index (κ3) is 6.51. The van der Waals surface area contributed by atoms with E-state index in [1.807, 2.05) is 0 Å². The largest absolute Gasteiger partial charge is 0.465 e. The lowest BCUT2D eigenvalue weighted by molar-refractivity contribution is -0.146. The quantitative estimate of drug-likeness (QED) is 0.627. The summed E-state index contributed by atoms with van der Waals surface area (Å²) in [6.45, 7) is -0.878. The van der Waals surface area contributed by atoms with Gasteiger partial charge in [0.1, 0.15) is 6.54 Å². The molecule has 0 aliphatic rings. The predicted octanol–water partition coefficient (Wildman–Crippen LogP) is 2.15. The van der Waals surface area contributed by atoms with E-state index in [1.54, 1.807) is 24.3 Å². The summed E-state index contributed by atoms with van der Waals surface area (Å²) < 4.78 is 10.1. The molecule has 0 saturated heterocycles. The van der Waals surface area contributed by atoms with Crippen molar-refractivity contribution in [2.45, 2.75) is 0 Å². The van der Waals surface area contributed by atoms with Crippen LogP contribution in [-0.2, 0) is 19.1 Å². The average Bonchev–Trinajstić information content (AvgIpc) is 2.70. The maximum Gasteiger partial charge on any atom is 0.337 e. The van der Waals surface area contributed by atoms with Gasteiger partial charge in [0.05, 0.1) is 12.7 Å². The number of benzene rings is 2. The van der Waals surface area contributed by atoms with Crippen LogP contribution >= 0.6 is 15.9 Å². The SMILES string of the molecule is COC(=O)c1ccc(NC(=O)COC(=O)CNC(=O)c2cccc(Br)c2)cc1. The van der Waals surface area contributed by atoms with Crippen LogP contribution in [0.4, 0.5) is 5.69 Å². The average molecular weight is 449 g/mol. The van der Waals surface area contributed by atoms with Crippen molar-refractivity contribution in [3.8, 4) is 0 Å². The first-order chi connectivity index (χ1) is 13.4. The van der Waals surface area contributed by atoms with Gasteiger partial charge in [-0.3, -0.25) is 14.4 Å². The highest BCUT2D eigenvalue weighted by Crippen LogP contribution is 2.11. The van der Waals surface area contributed by atoms with Crippen LogP contribution in [-0.4, -0.2) is 44.0 Å². The number of ether oxygens (including phenoxy) is 2. The van der Waals surface area contributed by atoms with Crippen LogP contribution in [0, 0.1) is 0 Å². The molecule has 0 fully saturated rings. The molecule has 9 heteroatoms. The molecule has 0 aliphatic carbocycles. The summed E-state index contributed by atoms with van der Waals surface area (Å²) in [5.74, 6) is -2.23. The lowest BCUT2D eigenvalue weighted by Crippen LogP contribution is -2.32. The van der Waals surface area contributed by atoms with Crippen molar-refractivity contribution in [1.29, 1.82) is 0 Å². The summed E-state index contributed by atoms with van der Waals surface area (Å²) in [7, 11) is 1.27. The monoisotopic (exact) mass is 448 g/mol. The minimum Gasteiger partial charge on any atom is -0.465 e. The molecule has 146 valence electrons. The number of esters is 2. The molecule has 8 nitrogen and oxygen atoms in total. The minimum absolute atomic E-state index is 0.341. The fourth-order valence-corrected chi connectivity index (χ4v) is 2.49. The fourth-order valence-electron chi connectivity index (χ4n) is 2.09. The normalized spacial score (nSPS) is 9.93. The molecule has 0 bridgehead atoms. The molecule has 0 spiro atoms. The first-order valence-corrected chi connectivity index (χ1v) is 8.86. The Balaban J connectivity index is 1.74. The zero-order valence-electron chi connectivity index (χ0n) is 14.9. The van der Waals surface area contributed by atoms with Crippen molar-refractivity contribution < 1.29 is 28.7 Å². The van der Waals surface area contributed by atoms with Crippen LogP contribution in [0.1, 0.15) is 20.7 Å². The molecule has 28 heavy (non-hydrogen) atoms. The van der Waals surface area contributed by atoms with Gasteiger partial charge in [-0.15, -0.1) is 0 Å². The lowest BCUT2D eigenvalue weighted by atomic mass is 10.2.